The Bertz CT molecular complexity index is 814. The van der Waals surface area contributed by atoms with E-state index in [-0.39, 0.29) is 11.9 Å². The summed E-state index contributed by atoms with van der Waals surface area (Å²) in [5, 5.41) is 7.85. The molecular formula is C21H25N3O3. The molecular weight excluding hydrogens is 342 g/mol. The number of rotatable bonds is 6. The van der Waals surface area contributed by atoms with Crippen LogP contribution in [0.2, 0.25) is 0 Å². The van der Waals surface area contributed by atoms with Crippen LogP contribution in [0.1, 0.15) is 42.3 Å². The molecule has 0 saturated carbocycles. The van der Waals surface area contributed by atoms with Gasteiger partial charge in [0.2, 0.25) is 0 Å². The molecule has 0 heterocycles. The summed E-state index contributed by atoms with van der Waals surface area (Å²) in [4.78, 5) is 36.3. The lowest BCUT2D eigenvalue weighted by molar-refractivity contribution is -0.136. The summed E-state index contributed by atoms with van der Waals surface area (Å²) in [5.41, 5.74) is 2.81. The van der Waals surface area contributed by atoms with Crippen LogP contribution in [0.5, 0.6) is 0 Å². The Hall–Kier alpha value is -3.15. The lowest BCUT2D eigenvalue weighted by Crippen LogP contribution is -2.39. The zero-order valence-corrected chi connectivity index (χ0v) is 15.8. The fourth-order valence-electron chi connectivity index (χ4n) is 2.47. The van der Waals surface area contributed by atoms with Crippen LogP contribution in [0.4, 0.5) is 5.69 Å². The molecule has 0 aliphatic heterocycles. The Labute approximate surface area is 159 Å². The van der Waals surface area contributed by atoms with Gasteiger partial charge in [-0.25, -0.2) is 0 Å². The van der Waals surface area contributed by atoms with E-state index < -0.39 is 11.8 Å². The zero-order chi connectivity index (χ0) is 19.8. The van der Waals surface area contributed by atoms with E-state index in [1.165, 1.54) is 5.56 Å². The molecule has 0 saturated heterocycles. The van der Waals surface area contributed by atoms with Gasteiger partial charge < -0.3 is 16.0 Å². The number of amides is 3. The second-order valence-electron chi connectivity index (χ2n) is 6.48. The quantitative estimate of drug-likeness (QED) is 0.686. The van der Waals surface area contributed by atoms with Crippen LogP contribution in [-0.2, 0) is 22.6 Å². The van der Waals surface area contributed by atoms with Gasteiger partial charge in [0.15, 0.2) is 0 Å². The van der Waals surface area contributed by atoms with Crippen LogP contribution in [0.15, 0.2) is 48.5 Å². The molecule has 142 valence electrons. The molecule has 2 aromatic rings. The minimum absolute atomic E-state index is 0.152. The maximum Gasteiger partial charge on any atom is 0.313 e. The Morgan fingerprint density at radius 3 is 2.15 bits per heavy atom. The molecule has 0 unspecified atom stereocenters. The summed E-state index contributed by atoms with van der Waals surface area (Å²) in [6.07, 6.45) is 0.962. The molecule has 3 N–H and O–H groups in total. The summed E-state index contributed by atoms with van der Waals surface area (Å²) >= 11 is 0. The highest BCUT2D eigenvalue weighted by molar-refractivity contribution is 6.40. The van der Waals surface area contributed by atoms with Gasteiger partial charge in [-0.15, -0.1) is 0 Å². The SMILES string of the molecule is CCc1ccc(CNC(=O)c2ccccc2NC(=O)C(=O)NC(C)C)cc1. The van der Waals surface area contributed by atoms with E-state index in [9.17, 15) is 14.4 Å². The number of nitrogens with one attached hydrogen (secondary N) is 3. The monoisotopic (exact) mass is 367 g/mol. The second-order valence-corrected chi connectivity index (χ2v) is 6.48. The van der Waals surface area contributed by atoms with Crippen molar-refractivity contribution in [3.05, 3.63) is 65.2 Å². The van der Waals surface area contributed by atoms with Gasteiger partial charge in [-0.3, -0.25) is 14.4 Å². The van der Waals surface area contributed by atoms with Crippen LogP contribution >= 0.6 is 0 Å². The number of aryl methyl sites for hydroxylation is 1. The van der Waals surface area contributed by atoms with Gasteiger partial charge in [-0.1, -0.05) is 43.3 Å². The molecule has 2 aromatic carbocycles. The number of hydrogen-bond acceptors (Lipinski definition) is 3. The first-order valence-electron chi connectivity index (χ1n) is 8.97. The van der Waals surface area contributed by atoms with Gasteiger partial charge in [-0.05, 0) is 43.5 Å². The van der Waals surface area contributed by atoms with E-state index in [1.54, 1.807) is 38.1 Å². The highest BCUT2D eigenvalue weighted by Crippen LogP contribution is 2.15. The van der Waals surface area contributed by atoms with Gasteiger partial charge >= 0.3 is 11.8 Å². The summed E-state index contributed by atoms with van der Waals surface area (Å²) in [7, 11) is 0. The molecule has 0 aromatic heterocycles. The van der Waals surface area contributed by atoms with E-state index in [2.05, 4.69) is 22.9 Å². The molecule has 0 atom stereocenters. The van der Waals surface area contributed by atoms with Crippen LogP contribution < -0.4 is 16.0 Å². The minimum atomic E-state index is -0.806. The average molecular weight is 367 g/mol. The number of carbonyl (C=O) groups excluding carboxylic acids is 3. The predicted molar refractivity (Wildman–Crippen MR) is 105 cm³/mol. The Morgan fingerprint density at radius 2 is 1.52 bits per heavy atom. The molecule has 3 amide bonds. The minimum Gasteiger partial charge on any atom is -0.348 e. The lowest BCUT2D eigenvalue weighted by atomic mass is 10.1. The van der Waals surface area contributed by atoms with Gasteiger partial charge in [0.05, 0.1) is 11.3 Å². The standard InChI is InChI=1S/C21H25N3O3/c1-4-15-9-11-16(12-10-15)13-22-19(25)17-7-5-6-8-18(17)24-21(27)20(26)23-14(2)3/h5-12,14H,4,13H2,1-3H3,(H,22,25)(H,23,26)(H,24,27). The first-order valence-corrected chi connectivity index (χ1v) is 8.97. The van der Waals surface area contributed by atoms with E-state index in [0.717, 1.165) is 12.0 Å². The Morgan fingerprint density at radius 1 is 0.889 bits per heavy atom. The molecule has 0 aliphatic rings. The number of carbonyl (C=O) groups is 3. The molecule has 0 aliphatic carbocycles. The molecule has 0 radical (unpaired) electrons. The third-order valence-corrected chi connectivity index (χ3v) is 3.93. The Kier molecular flexibility index (Phi) is 7.11. The van der Waals surface area contributed by atoms with E-state index in [0.29, 0.717) is 17.8 Å². The molecule has 6 heteroatoms. The van der Waals surface area contributed by atoms with Gasteiger partial charge in [0, 0.05) is 12.6 Å². The molecule has 0 spiro atoms. The van der Waals surface area contributed by atoms with Crippen molar-refractivity contribution in [3.63, 3.8) is 0 Å². The van der Waals surface area contributed by atoms with Crippen LogP contribution in [0.3, 0.4) is 0 Å². The summed E-state index contributed by atoms with van der Waals surface area (Å²) in [6.45, 7) is 5.99. The summed E-state index contributed by atoms with van der Waals surface area (Å²) < 4.78 is 0. The number of hydrogen-bond donors (Lipinski definition) is 3. The number of anilines is 1. The highest BCUT2D eigenvalue weighted by Gasteiger charge is 2.18. The van der Waals surface area contributed by atoms with Crippen molar-refractivity contribution in [1.82, 2.24) is 10.6 Å². The highest BCUT2D eigenvalue weighted by atomic mass is 16.2. The average Bonchev–Trinajstić information content (AvgIpc) is 2.66. The van der Waals surface area contributed by atoms with Crippen molar-refractivity contribution in [1.29, 1.82) is 0 Å². The Balaban J connectivity index is 2.03. The van der Waals surface area contributed by atoms with Crippen LogP contribution in [0, 0.1) is 0 Å². The predicted octanol–water partition coefficient (Wildman–Crippen LogP) is 2.64. The van der Waals surface area contributed by atoms with Crippen LogP contribution in [0.25, 0.3) is 0 Å². The summed E-state index contributed by atoms with van der Waals surface area (Å²) in [6, 6.07) is 14.4. The molecule has 2 rings (SSSR count). The van der Waals surface area contributed by atoms with Crippen molar-refractivity contribution in [2.24, 2.45) is 0 Å². The van der Waals surface area contributed by atoms with E-state index in [4.69, 9.17) is 0 Å². The molecule has 6 nitrogen and oxygen atoms in total. The third kappa shape index (κ3) is 5.95. The van der Waals surface area contributed by atoms with E-state index in [1.807, 2.05) is 24.3 Å². The second kappa shape index (κ2) is 9.52. The molecule has 27 heavy (non-hydrogen) atoms. The fourth-order valence-corrected chi connectivity index (χ4v) is 2.47. The van der Waals surface area contributed by atoms with Gasteiger partial charge in [0.1, 0.15) is 0 Å². The topological polar surface area (TPSA) is 87.3 Å². The van der Waals surface area contributed by atoms with Crippen molar-refractivity contribution in [3.8, 4) is 0 Å². The lowest BCUT2D eigenvalue weighted by Gasteiger charge is -2.12. The molecule has 0 bridgehead atoms. The maximum absolute atomic E-state index is 12.5. The first-order chi connectivity index (χ1) is 12.9. The molecule has 0 fully saturated rings. The summed E-state index contributed by atoms with van der Waals surface area (Å²) in [5.74, 6) is -1.87. The number of para-hydroxylation sites is 1. The van der Waals surface area contributed by atoms with Gasteiger partial charge in [0.25, 0.3) is 5.91 Å². The third-order valence-electron chi connectivity index (χ3n) is 3.93. The normalized spacial score (nSPS) is 10.4. The fraction of sp³-hybridized carbons (Fsp3) is 0.286. The smallest absolute Gasteiger partial charge is 0.313 e. The van der Waals surface area contributed by atoms with Crippen molar-refractivity contribution >= 4 is 23.4 Å². The largest absolute Gasteiger partial charge is 0.348 e. The number of benzene rings is 2. The van der Waals surface area contributed by atoms with Crippen LogP contribution in [-0.4, -0.2) is 23.8 Å². The van der Waals surface area contributed by atoms with Crippen molar-refractivity contribution in [2.75, 3.05) is 5.32 Å². The van der Waals surface area contributed by atoms with E-state index >= 15 is 0 Å². The zero-order valence-electron chi connectivity index (χ0n) is 15.8. The maximum atomic E-state index is 12.5. The van der Waals surface area contributed by atoms with Gasteiger partial charge in [-0.2, -0.15) is 0 Å². The van der Waals surface area contributed by atoms with Crippen molar-refractivity contribution in [2.45, 2.75) is 39.8 Å². The first kappa shape index (κ1) is 20.2. The van der Waals surface area contributed by atoms with Crippen molar-refractivity contribution < 1.29 is 14.4 Å².